The van der Waals surface area contributed by atoms with Gasteiger partial charge >= 0.3 is 5.97 Å². The number of carbonyl (C=O) groups excluding carboxylic acids is 1. The SMILES string of the molecule is [C-]#[N+]CCCCOC(=O)C=C. The van der Waals surface area contributed by atoms with Crippen LogP contribution in [0.25, 0.3) is 4.85 Å². The lowest BCUT2D eigenvalue weighted by molar-refractivity contribution is -0.137. The fraction of sp³-hybridized carbons (Fsp3) is 0.500. The lowest BCUT2D eigenvalue weighted by Gasteiger charge is -1.97. The van der Waals surface area contributed by atoms with Gasteiger partial charge in [-0.3, -0.25) is 0 Å². The van der Waals surface area contributed by atoms with E-state index >= 15 is 0 Å². The molecule has 3 nitrogen and oxygen atoms in total. The maximum absolute atomic E-state index is 10.4. The van der Waals surface area contributed by atoms with Crippen LogP contribution in [0.15, 0.2) is 12.7 Å². The predicted octanol–water partition coefficient (Wildman–Crippen LogP) is 1.42. The zero-order valence-corrected chi connectivity index (χ0v) is 6.38. The van der Waals surface area contributed by atoms with Crippen LogP contribution in [0.1, 0.15) is 12.8 Å². The number of carbonyl (C=O) groups is 1. The van der Waals surface area contributed by atoms with Gasteiger partial charge in [-0.1, -0.05) is 6.58 Å². The monoisotopic (exact) mass is 153 g/mol. The van der Waals surface area contributed by atoms with Crippen molar-refractivity contribution in [2.45, 2.75) is 12.8 Å². The molecule has 0 saturated heterocycles. The summed E-state index contributed by atoms with van der Waals surface area (Å²) in [6.07, 6.45) is 2.67. The summed E-state index contributed by atoms with van der Waals surface area (Å²) in [5.41, 5.74) is 0. The highest BCUT2D eigenvalue weighted by Crippen LogP contribution is 1.91. The van der Waals surface area contributed by atoms with Gasteiger partial charge in [0.2, 0.25) is 6.54 Å². The number of hydrogen-bond acceptors (Lipinski definition) is 2. The normalized spacial score (nSPS) is 8.27. The van der Waals surface area contributed by atoms with E-state index in [1.54, 1.807) is 0 Å². The first-order chi connectivity index (χ1) is 5.31. The van der Waals surface area contributed by atoms with Gasteiger partial charge in [0, 0.05) is 12.5 Å². The van der Waals surface area contributed by atoms with Gasteiger partial charge in [-0.2, -0.15) is 0 Å². The highest BCUT2D eigenvalue weighted by atomic mass is 16.5. The van der Waals surface area contributed by atoms with Crippen LogP contribution in [0.3, 0.4) is 0 Å². The van der Waals surface area contributed by atoms with Crippen molar-refractivity contribution in [1.82, 2.24) is 0 Å². The van der Waals surface area contributed by atoms with E-state index in [4.69, 9.17) is 6.57 Å². The molecule has 60 valence electrons. The summed E-state index contributed by atoms with van der Waals surface area (Å²) < 4.78 is 4.68. The Bertz CT molecular complexity index is 169. The maximum atomic E-state index is 10.4. The van der Waals surface area contributed by atoms with Crippen molar-refractivity contribution in [2.75, 3.05) is 13.2 Å². The molecule has 0 heterocycles. The van der Waals surface area contributed by atoms with Gasteiger partial charge in [0.05, 0.1) is 6.61 Å². The molecule has 0 aromatic heterocycles. The fourth-order valence-electron chi connectivity index (χ4n) is 0.525. The number of rotatable bonds is 5. The molecule has 0 radical (unpaired) electrons. The highest BCUT2D eigenvalue weighted by molar-refractivity contribution is 5.81. The maximum Gasteiger partial charge on any atom is 0.330 e. The second kappa shape index (κ2) is 6.81. The first-order valence-electron chi connectivity index (χ1n) is 3.43. The topological polar surface area (TPSA) is 30.7 Å². The van der Waals surface area contributed by atoms with Crippen molar-refractivity contribution in [3.05, 3.63) is 24.1 Å². The Morgan fingerprint density at radius 2 is 2.36 bits per heavy atom. The molecule has 0 aliphatic carbocycles. The third-order valence-corrected chi connectivity index (χ3v) is 1.08. The minimum Gasteiger partial charge on any atom is -0.463 e. The number of unbranched alkanes of at least 4 members (excludes halogenated alkanes) is 1. The molecule has 0 atom stereocenters. The summed E-state index contributed by atoms with van der Waals surface area (Å²) in [6, 6.07) is 0. The molecule has 0 bridgehead atoms. The third kappa shape index (κ3) is 6.59. The van der Waals surface area contributed by atoms with E-state index in [9.17, 15) is 4.79 Å². The van der Waals surface area contributed by atoms with Crippen LogP contribution in [0.5, 0.6) is 0 Å². The smallest absolute Gasteiger partial charge is 0.330 e. The summed E-state index contributed by atoms with van der Waals surface area (Å²) in [6.45, 7) is 10.6. The van der Waals surface area contributed by atoms with Crippen molar-refractivity contribution in [3.63, 3.8) is 0 Å². The molecule has 0 aromatic carbocycles. The van der Waals surface area contributed by atoms with E-state index in [0.29, 0.717) is 13.2 Å². The molecular formula is C8H11NO2. The van der Waals surface area contributed by atoms with E-state index in [2.05, 4.69) is 16.2 Å². The highest BCUT2D eigenvalue weighted by Gasteiger charge is 1.94. The Morgan fingerprint density at radius 3 is 2.91 bits per heavy atom. The molecule has 0 amide bonds. The van der Waals surface area contributed by atoms with Crippen LogP contribution in [-0.4, -0.2) is 19.1 Å². The minimum atomic E-state index is -0.396. The number of nitrogens with zero attached hydrogens (tertiary/aromatic N) is 1. The Balaban J connectivity index is 3.09. The molecule has 11 heavy (non-hydrogen) atoms. The number of hydrogen-bond donors (Lipinski definition) is 0. The van der Waals surface area contributed by atoms with Crippen LogP contribution < -0.4 is 0 Å². The van der Waals surface area contributed by atoms with E-state index in [1.807, 2.05) is 0 Å². The molecule has 0 aromatic rings. The first kappa shape index (κ1) is 9.70. The van der Waals surface area contributed by atoms with Gasteiger partial charge in [-0.25, -0.2) is 11.4 Å². The first-order valence-corrected chi connectivity index (χ1v) is 3.43. The number of ether oxygens (including phenoxy) is 1. The average molecular weight is 153 g/mol. The van der Waals surface area contributed by atoms with E-state index < -0.39 is 5.97 Å². The van der Waals surface area contributed by atoms with Crippen LogP contribution in [0.4, 0.5) is 0 Å². The lowest BCUT2D eigenvalue weighted by Crippen LogP contribution is -2.01. The Morgan fingerprint density at radius 1 is 1.64 bits per heavy atom. The quantitative estimate of drug-likeness (QED) is 0.259. The van der Waals surface area contributed by atoms with E-state index in [0.717, 1.165) is 18.9 Å². The zero-order chi connectivity index (χ0) is 8.53. The third-order valence-electron chi connectivity index (χ3n) is 1.08. The standard InChI is InChI=1S/C8H11NO2/c1-3-8(10)11-7-5-4-6-9-2/h3H,1,4-7H2. The van der Waals surface area contributed by atoms with Crippen molar-refractivity contribution < 1.29 is 9.53 Å². The Hall–Kier alpha value is -1.30. The number of esters is 1. The molecule has 0 saturated carbocycles. The van der Waals surface area contributed by atoms with Gasteiger partial charge in [0.25, 0.3) is 0 Å². The van der Waals surface area contributed by atoms with Gasteiger partial charge in [-0.05, 0) is 6.42 Å². The second-order valence-electron chi connectivity index (χ2n) is 1.96. The lowest BCUT2D eigenvalue weighted by atomic mass is 10.3. The molecular weight excluding hydrogens is 142 g/mol. The molecule has 0 aliphatic rings. The molecule has 0 rings (SSSR count). The summed E-state index contributed by atoms with van der Waals surface area (Å²) in [4.78, 5) is 13.6. The summed E-state index contributed by atoms with van der Waals surface area (Å²) in [7, 11) is 0. The average Bonchev–Trinajstić information content (AvgIpc) is 2.04. The Labute approximate surface area is 66.5 Å². The molecule has 0 unspecified atom stereocenters. The van der Waals surface area contributed by atoms with Gasteiger partial charge < -0.3 is 9.58 Å². The van der Waals surface area contributed by atoms with Crippen LogP contribution in [0.2, 0.25) is 0 Å². The largest absolute Gasteiger partial charge is 0.463 e. The predicted molar refractivity (Wildman–Crippen MR) is 41.9 cm³/mol. The fourth-order valence-corrected chi connectivity index (χ4v) is 0.525. The molecule has 0 N–H and O–H groups in total. The van der Waals surface area contributed by atoms with Crippen LogP contribution in [-0.2, 0) is 9.53 Å². The molecule has 0 fully saturated rings. The second-order valence-corrected chi connectivity index (χ2v) is 1.96. The minimum absolute atomic E-state index is 0.389. The molecule has 0 spiro atoms. The van der Waals surface area contributed by atoms with Crippen LogP contribution in [0, 0.1) is 6.57 Å². The summed E-state index contributed by atoms with van der Waals surface area (Å²) in [5.74, 6) is -0.396. The van der Waals surface area contributed by atoms with Gasteiger partial charge in [0.15, 0.2) is 0 Å². The van der Waals surface area contributed by atoms with Gasteiger partial charge in [-0.15, -0.1) is 0 Å². The Kier molecular flexibility index (Phi) is 6.01. The van der Waals surface area contributed by atoms with Crippen molar-refractivity contribution in [1.29, 1.82) is 0 Å². The van der Waals surface area contributed by atoms with Crippen LogP contribution >= 0.6 is 0 Å². The summed E-state index contributed by atoms with van der Waals surface area (Å²) >= 11 is 0. The van der Waals surface area contributed by atoms with E-state index in [-0.39, 0.29) is 0 Å². The molecule has 0 aliphatic heterocycles. The van der Waals surface area contributed by atoms with E-state index in [1.165, 1.54) is 0 Å². The van der Waals surface area contributed by atoms with Crippen molar-refractivity contribution >= 4 is 5.97 Å². The van der Waals surface area contributed by atoms with Crippen molar-refractivity contribution in [2.24, 2.45) is 0 Å². The summed E-state index contributed by atoms with van der Waals surface area (Å²) in [5, 5.41) is 0. The van der Waals surface area contributed by atoms with Gasteiger partial charge in [0.1, 0.15) is 0 Å². The zero-order valence-electron chi connectivity index (χ0n) is 6.38. The molecule has 3 heteroatoms. The van der Waals surface area contributed by atoms with Crippen molar-refractivity contribution in [3.8, 4) is 0 Å².